The summed E-state index contributed by atoms with van der Waals surface area (Å²) in [6.45, 7) is 3.15. The molecule has 1 aromatic heterocycles. The largest absolute Gasteiger partial charge is 0.433 e. The van der Waals surface area contributed by atoms with E-state index in [9.17, 15) is 31.1 Å². The first-order valence-electron chi connectivity index (χ1n) is 11.7. The number of pyridine rings is 1. The molecule has 15 heteroatoms. The molecule has 38 heavy (non-hydrogen) atoms. The number of amides is 1. The number of fused-ring (bicyclic) bond motifs is 1. The topological polar surface area (TPSA) is 51.7 Å². The van der Waals surface area contributed by atoms with Crippen LogP contribution in [0.1, 0.15) is 17.7 Å². The van der Waals surface area contributed by atoms with E-state index in [1.165, 1.54) is 0 Å². The highest BCUT2D eigenvalue weighted by Gasteiger charge is 2.38. The summed E-state index contributed by atoms with van der Waals surface area (Å²) in [4.78, 5) is 22.0. The number of aromatic nitrogens is 1. The van der Waals surface area contributed by atoms with Crippen molar-refractivity contribution in [2.45, 2.75) is 30.9 Å². The van der Waals surface area contributed by atoms with Crippen LogP contribution >= 0.6 is 36.6 Å². The molecule has 3 fully saturated rings. The number of piperazine rings is 1. The number of nitrogens with one attached hydrogen (secondary N) is 1. The second kappa shape index (κ2) is 11.8. The van der Waals surface area contributed by atoms with Crippen molar-refractivity contribution in [3.8, 4) is 0 Å². The number of nitrogens with zero attached hydrogens (tertiary/aromatic N) is 4. The molecule has 5 rings (SSSR count). The number of hydrogen-bond acceptors (Lipinski definition) is 6. The Balaban J connectivity index is 0.00000200. The lowest BCUT2D eigenvalue weighted by Crippen LogP contribution is -2.51. The Bertz CT molecular complexity index is 1140. The molecule has 6 nitrogen and oxygen atoms in total. The normalized spacial score (nSPS) is 22.9. The average molecular weight is 606 g/mol. The number of hydrogen-bond donors (Lipinski definition) is 1. The van der Waals surface area contributed by atoms with E-state index in [1.54, 1.807) is 16.7 Å². The van der Waals surface area contributed by atoms with Crippen LogP contribution in [-0.2, 0) is 17.1 Å². The summed E-state index contributed by atoms with van der Waals surface area (Å²) < 4.78 is 80.5. The van der Waals surface area contributed by atoms with Crippen molar-refractivity contribution in [2.24, 2.45) is 0 Å². The van der Waals surface area contributed by atoms with E-state index in [2.05, 4.69) is 15.2 Å². The minimum Gasteiger partial charge on any atom is -0.368 e. The first kappa shape index (κ1) is 30.9. The van der Waals surface area contributed by atoms with Gasteiger partial charge >= 0.3 is 12.4 Å². The predicted molar refractivity (Wildman–Crippen MR) is 139 cm³/mol. The van der Waals surface area contributed by atoms with Crippen LogP contribution in [-0.4, -0.2) is 83.7 Å². The number of carbonyl (C=O) groups is 1. The van der Waals surface area contributed by atoms with E-state index in [-0.39, 0.29) is 59.4 Å². The molecule has 1 amide bonds. The van der Waals surface area contributed by atoms with Gasteiger partial charge in [0.05, 0.1) is 23.0 Å². The highest BCUT2D eigenvalue weighted by molar-refractivity contribution is 7.99. The number of alkyl halides is 6. The highest BCUT2D eigenvalue weighted by Crippen LogP contribution is 2.38. The molecule has 1 aromatic carbocycles. The van der Waals surface area contributed by atoms with E-state index in [0.29, 0.717) is 45.0 Å². The molecule has 3 saturated heterocycles. The summed E-state index contributed by atoms with van der Waals surface area (Å²) in [5, 5.41) is 3.34. The summed E-state index contributed by atoms with van der Waals surface area (Å²) in [5.41, 5.74) is -2.09. The van der Waals surface area contributed by atoms with Crippen molar-refractivity contribution in [1.82, 2.24) is 20.1 Å². The molecule has 0 spiro atoms. The molecule has 3 aliphatic rings. The Morgan fingerprint density at radius 2 is 1.68 bits per heavy atom. The SMILES string of the molecule is Cl.Cl.O=C([C@@H]1C[C@H](N2CCN(c3cc(C(F)(F)F)nc4ccc(C(F)(F)F)cc34)CC2)CN1)N1CCSC1. The van der Waals surface area contributed by atoms with Crippen molar-refractivity contribution in [3.05, 3.63) is 35.5 Å². The van der Waals surface area contributed by atoms with Gasteiger partial charge in [0.15, 0.2) is 0 Å². The van der Waals surface area contributed by atoms with E-state index in [1.807, 2.05) is 4.90 Å². The number of halogens is 8. The fourth-order valence-electron chi connectivity index (χ4n) is 5.11. The molecular weight excluding hydrogens is 579 g/mol. The molecule has 4 heterocycles. The molecule has 0 aliphatic carbocycles. The molecule has 3 aliphatic heterocycles. The van der Waals surface area contributed by atoms with Gasteiger partial charge in [-0.3, -0.25) is 9.69 Å². The van der Waals surface area contributed by atoms with E-state index < -0.39 is 23.6 Å². The smallest absolute Gasteiger partial charge is 0.368 e. The van der Waals surface area contributed by atoms with Crippen molar-refractivity contribution in [3.63, 3.8) is 0 Å². The Morgan fingerprint density at radius 3 is 2.29 bits per heavy atom. The molecule has 2 aromatic rings. The lowest BCUT2D eigenvalue weighted by Gasteiger charge is -2.39. The van der Waals surface area contributed by atoms with Gasteiger partial charge < -0.3 is 15.1 Å². The number of benzene rings is 1. The molecule has 2 atom stereocenters. The second-order valence-electron chi connectivity index (χ2n) is 9.27. The third-order valence-corrected chi connectivity index (χ3v) is 8.01. The van der Waals surface area contributed by atoms with E-state index in [0.717, 1.165) is 36.6 Å². The van der Waals surface area contributed by atoms with Crippen molar-refractivity contribution < 1.29 is 31.1 Å². The zero-order valence-corrected chi connectivity index (χ0v) is 22.5. The molecule has 212 valence electrons. The van der Waals surface area contributed by atoms with Gasteiger partial charge in [0.1, 0.15) is 5.69 Å². The van der Waals surface area contributed by atoms with Crippen LogP contribution in [0.15, 0.2) is 24.3 Å². The van der Waals surface area contributed by atoms with Crippen molar-refractivity contribution >= 4 is 59.1 Å². The van der Waals surface area contributed by atoms with Crippen LogP contribution in [0, 0.1) is 0 Å². The van der Waals surface area contributed by atoms with Gasteiger partial charge in [-0.1, -0.05) is 0 Å². The minimum atomic E-state index is -4.72. The average Bonchev–Trinajstić information content (AvgIpc) is 3.54. The zero-order valence-electron chi connectivity index (χ0n) is 20.0. The molecule has 0 bridgehead atoms. The third kappa shape index (κ3) is 6.38. The van der Waals surface area contributed by atoms with Gasteiger partial charge in [0.25, 0.3) is 0 Å². The first-order valence-corrected chi connectivity index (χ1v) is 12.8. The first-order chi connectivity index (χ1) is 17.0. The summed E-state index contributed by atoms with van der Waals surface area (Å²) in [6, 6.07) is 3.34. The maximum atomic E-state index is 13.5. The Kier molecular flexibility index (Phi) is 9.61. The van der Waals surface area contributed by atoms with Crippen molar-refractivity contribution in [1.29, 1.82) is 0 Å². The van der Waals surface area contributed by atoms with Gasteiger partial charge in [0.2, 0.25) is 5.91 Å². The summed E-state index contributed by atoms with van der Waals surface area (Å²) >= 11 is 1.73. The highest BCUT2D eigenvalue weighted by atomic mass is 35.5. The van der Waals surface area contributed by atoms with Crippen LogP contribution in [0.25, 0.3) is 10.9 Å². The lowest BCUT2D eigenvalue weighted by molar-refractivity contribution is -0.141. The predicted octanol–water partition coefficient (Wildman–Crippen LogP) is 4.50. The van der Waals surface area contributed by atoms with Crippen LogP contribution < -0.4 is 10.2 Å². The Morgan fingerprint density at radius 1 is 0.974 bits per heavy atom. The van der Waals surface area contributed by atoms with Gasteiger partial charge in [-0.05, 0) is 30.7 Å². The monoisotopic (exact) mass is 605 g/mol. The lowest BCUT2D eigenvalue weighted by atomic mass is 10.1. The molecule has 1 N–H and O–H groups in total. The van der Waals surface area contributed by atoms with Crippen LogP contribution in [0.3, 0.4) is 0 Å². The van der Waals surface area contributed by atoms with Crippen LogP contribution in [0.4, 0.5) is 32.0 Å². The number of thioether (sulfide) groups is 1. The molecule has 0 radical (unpaired) electrons. The van der Waals surface area contributed by atoms with Crippen molar-refractivity contribution in [2.75, 3.05) is 55.8 Å². The maximum Gasteiger partial charge on any atom is 0.433 e. The van der Waals surface area contributed by atoms with Gasteiger partial charge in [-0.25, -0.2) is 4.98 Å². The van der Waals surface area contributed by atoms with E-state index >= 15 is 0 Å². The zero-order chi connectivity index (χ0) is 25.7. The van der Waals surface area contributed by atoms with Gasteiger partial charge in [0, 0.05) is 62.1 Å². The summed E-state index contributed by atoms with van der Waals surface area (Å²) in [6.07, 6.45) is -8.69. The Labute approximate surface area is 232 Å². The Hall–Kier alpha value is -1.67. The van der Waals surface area contributed by atoms with E-state index in [4.69, 9.17) is 0 Å². The van der Waals surface area contributed by atoms with Crippen LogP contribution in [0.2, 0.25) is 0 Å². The molecule has 0 unspecified atom stereocenters. The second-order valence-corrected chi connectivity index (χ2v) is 10.3. The number of rotatable bonds is 3. The fraction of sp³-hybridized carbons (Fsp3) is 0.565. The summed E-state index contributed by atoms with van der Waals surface area (Å²) in [7, 11) is 0. The maximum absolute atomic E-state index is 13.5. The summed E-state index contributed by atoms with van der Waals surface area (Å²) in [5.74, 6) is 1.74. The van der Waals surface area contributed by atoms with Crippen LogP contribution in [0.5, 0.6) is 0 Å². The third-order valence-electron chi connectivity index (χ3n) is 7.05. The van der Waals surface area contributed by atoms with Gasteiger partial charge in [-0.2, -0.15) is 26.3 Å². The number of carbonyl (C=O) groups excluding carboxylic acids is 1. The van der Waals surface area contributed by atoms with Gasteiger partial charge in [-0.15, -0.1) is 36.6 Å². The minimum absolute atomic E-state index is 0. The fourth-order valence-corrected chi connectivity index (χ4v) is 6.07. The quantitative estimate of drug-likeness (QED) is 0.520. The molecule has 0 saturated carbocycles. The molecular formula is C23H27Cl2F6N5OS. The standard InChI is InChI=1S/C23H25F6N5OS.2ClH/c24-22(25,26)14-1-2-17-16(9-14)19(11-20(31-17)23(27,28)29)33-5-3-32(4-6-33)15-10-18(30-12-15)21(35)34-7-8-36-13-34;;/h1-2,9,11,15,18,30H,3-8,10,12-13H2;2*1H/t15-,18-;;/m0../s1. The number of anilines is 1.